The summed E-state index contributed by atoms with van der Waals surface area (Å²) in [7, 11) is 0. The molecule has 0 fully saturated rings. The molecule has 9 aromatic carbocycles. The van der Waals surface area contributed by atoms with Gasteiger partial charge in [0.1, 0.15) is 11.2 Å². The number of fused-ring (bicyclic) bond motifs is 12. The standard InChI is InChI=1S/C53H36N2O/c1-53(2)46-20-10-8-18-39(46)42-26-23-34-29-49-45(32-43(34)52(42)53)44-30-36(25-28-48(44)55(49)35-15-4-3-5-16-35)54(47-21-12-14-33-13-6-7-17-38(33)47)37-24-27-41-40-19-9-11-22-50(40)56-51(41)31-37/h3-32H,1-2H3. The van der Waals surface area contributed by atoms with Gasteiger partial charge in [0.2, 0.25) is 0 Å². The lowest BCUT2D eigenvalue weighted by Gasteiger charge is -2.27. The highest BCUT2D eigenvalue weighted by molar-refractivity contribution is 6.16. The quantitative estimate of drug-likeness (QED) is 0.181. The van der Waals surface area contributed by atoms with Crippen molar-refractivity contribution in [2.24, 2.45) is 0 Å². The first-order chi connectivity index (χ1) is 27.5. The van der Waals surface area contributed by atoms with Gasteiger partial charge in [-0.15, -0.1) is 0 Å². The fourth-order valence-corrected chi connectivity index (χ4v) is 9.80. The molecule has 2 aromatic heterocycles. The Hall–Kier alpha value is -7.10. The molecule has 2 heterocycles. The van der Waals surface area contributed by atoms with E-state index >= 15 is 0 Å². The average Bonchev–Trinajstić information content (AvgIpc) is 3.85. The number of anilines is 3. The van der Waals surface area contributed by atoms with E-state index in [1.807, 2.05) is 12.1 Å². The van der Waals surface area contributed by atoms with Crippen molar-refractivity contribution < 1.29 is 4.42 Å². The maximum atomic E-state index is 6.47. The van der Waals surface area contributed by atoms with E-state index in [4.69, 9.17) is 4.42 Å². The number of aromatic nitrogens is 1. The van der Waals surface area contributed by atoms with Crippen molar-refractivity contribution >= 4 is 82.4 Å². The number of hydrogen-bond donors (Lipinski definition) is 0. The number of para-hydroxylation sites is 2. The Morgan fingerprint density at radius 2 is 1.16 bits per heavy atom. The van der Waals surface area contributed by atoms with Crippen LogP contribution in [0.5, 0.6) is 0 Å². The second kappa shape index (κ2) is 11.5. The zero-order chi connectivity index (χ0) is 37.1. The van der Waals surface area contributed by atoms with Crippen LogP contribution in [-0.2, 0) is 5.41 Å². The Balaban J connectivity index is 1.16. The topological polar surface area (TPSA) is 21.3 Å². The Labute approximate surface area is 324 Å². The van der Waals surface area contributed by atoms with Crippen LogP contribution in [0.1, 0.15) is 25.0 Å². The summed E-state index contributed by atoms with van der Waals surface area (Å²) in [6, 6.07) is 66.4. The van der Waals surface area contributed by atoms with Crippen LogP contribution in [0, 0.1) is 0 Å². The van der Waals surface area contributed by atoms with Crippen molar-refractivity contribution in [3.63, 3.8) is 0 Å². The molecule has 0 atom stereocenters. The predicted octanol–water partition coefficient (Wildman–Crippen LogP) is 14.8. The molecule has 12 rings (SSSR count). The Bertz CT molecular complexity index is 3400. The largest absolute Gasteiger partial charge is 0.456 e. The van der Waals surface area contributed by atoms with Gasteiger partial charge in [-0.05, 0) is 105 Å². The number of rotatable bonds is 4. The normalized spacial score (nSPS) is 13.3. The zero-order valence-corrected chi connectivity index (χ0v) is 31.1. The average molecular weight is 717 g/mol. The second-order valence-electron chi connectivity index (χ2n) is 15.7. The minimum atomic E-state index is -0.122. The third-order valence-corrected chi connectivity index (χ3v) is 12.3. The summed E-state index contributed by atoms with van der Waals surface area (Å²) in [5, 5.41) is 9.66. The molecule has 1 aliphatic carbocycles. The van der Waals surface area contributed by atoms with E-state index in [0.29, 0.717) is 0 Å². The maximum Gasteiger partial charge on any atom is 0.137 e. The number of nitrogens with zero attached hydrogens (tertiary/aromatic N) is 2. The first-order valence-electron chi connectivity index (χ1n) is 19.4. The van der Waals surface area contributed by atoms with Crippen molar-refractivity contribution in [2.75, 3.05) is 4.90 Å². The van der Waals surface area contributed by atoms with E-state index in [-0.39, 0.29) is 5.41 Å². The smallest absolute Gasteiger partial charge is 0.137 e. The molecule has 0 N–H and O–H groups in total. The molecule has 0 unspecified atom stereocenters. The molecule has 264 valence electrons. The van der Waals surface area contributed by atoms with Crippen LogP contribution in [0.3, 0.4) is 0 Å². The highest BCUT2D eigenvalue weighted by Gasteiger charge is 2.36. The highest BCUT2D eigenvalue weighted by atomic mass is 16.3. The summed E-state index contributed by atoms with van der Waals surface area (Å²) in [6.07, 6.45) is 0. The molecular weight excluding hydrogens is 681 g/mol. The van der Waals surface area contributed by atoms with Crippen molar-refractivity contribution in [2.45, 2.75) is 19.3 Å². The molecule has 0 amide bonds. The number of hydrogen-bond acceptors (Lipinski definition) is 2. The van der Waals surface area contributed by atoms with Gasteiger partial charge in [-0.2, -0.15) is 0 Å². The van der Waals surface area contributed by atoms with Crippen LogP contribution in [0.2, 0.25) is 0 Å². The second-order valence-corrected chi connectivity index (χ2v) is 15.7. The molecule has 3 nitrogen and oxygen atoms in total. The SMILES string of the molecule is CC1(C)c2ccccc2-c2ccc3cc4c(cc3c21)c1cc(N(c2ccc3c(c2)oc2ccccc23)c2cccc3ccccc23)ccc1n4-c1ccccc1. The molecule has 56 heavy (non-hydrogen) atoms. The zero-order valence-electron chi connectivity index (χ0n) is 31.1. The van der Waals surface area contributed by atoms with E-state index < -0.39 is 0 Å². The summed E-state index contributed by atoms with van der Waals surface area (Å²) in [5.74, 6) is 0. The predicted molar refractivity (Wildman–Crippen MR) is 235 cm³/mol. The van der Waals surface area contributed by atoms with Crippen LogP contribution in [0.4, 0.5) is 17.1 Å². The van der Waals surface area contributed by atoms with Crippen LogP contribution in [0.15, 0.2) is 186 Å². The van der Waals surface area contributed by atoms with Crippen LogP contribution in [-0.4, -0.2) is 4.57 Å². The number of benzene rings is 9. The van der Waals surface area contributed by atoms with E-state index in [9.17, 15) is 0 Å². The van der Waals surface area contributed by atoms with Crippen LogP contribution in [0.25, 0.3) is 82.1 Å². The molecule has 1 aliphatic rings. The van der Waals surface area contributed by atoms with E-state index in [2.05, 4.69) is 193 Å². The summed E-state index contributed by atoms with van der Waals surface area (Å²) in [4.78, 5) is 2.40. The van der Waals surface area contributed by atoms with Gasteiger partial charge in [0.25, 0.3) is 0 Å². The fraction of sp³-hybridized carbons (Fsp3) is 0.0566. The first kappa shape index (κ1) is 31.3. The van der Waals surface area contributed by atoms with Gasteiger partial charge in [-0.1, -0.05) is 123 Å². The van der Waals surface area contributed by atoms with Crippen LogP contribution >= 0.6 is 0 Å². The molecule has 0 aliphatic heterocycles. The third-order valence-electron chi connectivity index (χ3n) is 12.3. The fourth-order valence-electron chi connectivity index (χ4n) is 9.80. The molecule has 0 spiro atoms. The third kappa shape index (κ3) is 4.34. The summed E-state index contributed by atoms with van der Waals surface area (Å²) < 4.78 is 8.90. The Kier molecular flexibility index (Phi) is 6.40. The molecule has 0 bridgehead atoms. The van der Waals surface area contributed by atoms with Gasteiger partial charge in [0.05, 0.1) is 16.7 Å². The maximum absolute atomic E-state index is 6.47. The van der Waals surface area contributed by atoms with E-state index in [1.54, 1.807) is 0 Å². The van der Waals surface area contributed by atoms with Gasteiger partial charge in [-0.3, -0.25) is 0 Å². The monoisotopic (exact) mass is 716 g/mol. The Morgan fingerprint density at radius 3 is 2.07 bits per heavy atom. The molecule has 0 saturated carbocycles. The summed E-state index contributed by atoms with van der Waals surface area (Å²) in [5.41, 5.74) is 13.9. The molecule has 0 saturated heterocycles. The summed E-state index contributed by atoms with van der Waals surface area (Å²) in [6.45, 7) is 4.76. The van der Waals surface area contributed by atoms with Gasteiger partial charge in [0.15, 0.2) is 0 Å². The van der Waals surface area contributed by atoms with Crippen molar-refractivity contribution in [1.82, 2.24) is 4.57 Å². The molecule has 11 aromatic rings. The minimum Gasteiger partial charge on any atom is -0.456 e. The van der Waals surface area contributed by atoms with E-state index in [0.717, 1.165) is 44.7 Å². The molecule has 3 heteroatoms. The molecule has 0 radical (unpaired) electrons. The van der Waals surface area contributed by atoms with Gasteiger partial charge in [0, 0.05) is 55.5 Å². The first-order valence-corrected chi connectivity index (χ1v) is 19.4. The summed E-state index contributed by atoms with van der Waals surface area (Å²) >= 11 is 0. The lowest BCUT2D eigenvalue weighted by atomic mass is 9.80. The lowest BCUT2D eigenvalue weighted by Crippen LogP contribution is -2.15. The van der Waals surface area contributed by atoms with Crippen molar-refractivity contribution in [3.8, 4) is 16.8 Å². The molecular formula is C53H36N2O. The van der Waals surface area contributed by atoms with E-state index in [1.165, 1.54) is 65.6 Å². The minimum absolute atomic E-state index is 0.122. The number of furan rings is 1. The van der Waals surface area contributed by atoms with Gasteiger partial charge < -0.3 is 13.9 Å². The van der Waals surface area contributed by atoms with Gasteiger partial charge >= 0.3 is 0 Å². The van der Waals surface area contributed by atoms with Crippen molar-refractivity contribution in [1.29, 1.82) is 0 Å². The van der Waals surface area contributed by atoms with Gasteiger partial charge in [-0.25, -0.2) is 0 Å². The Morgan fingerprint density at radius 1 is 0.446 bits per heavy atom. The van der Waals surface area contributed by atoms with Crippen LogP contribution < -0.4 is 4.90 Å². The lowest BCUT2D eigenvalue weighted by molar-refractivity contribution is 0.666. The van der Waals surface area contributed by atoms with Crippen molar-refractivity contribution in [3.05, 3.63) is 193 Å². The highest BCUT2D eigenvalue weighted by Crippen LogP contribution is 2.52.